The minimum Gasteiger partial charge on any atom is -0.362 e. The molecule has 1 aromatic heterocycles. The molecule has 6 heteroatoms. The highest BCUT2D eigenvalue weighted by Gasteiger charge is 2.28. The summed E-state index contributed by atoms with van der Waals surface area (Å²) >= 11 is 0. The maximum absolute atomic E-state index is 10.9. The summed E-state index contributed by atoms with van der Waals surface area (Å²) in [6.07, 6.45) is 3.33. The highest BCUT2D eigenvalue weighted by molar-refractivity contribution is 5.54. The lowest BCUT2D eigenvalue weighted by atomic mass is 10.1. The SMILES string of the molecule is Cc1nc([N+](=O)[O-])c(NC2CCC(C)C2)n1C. The van der Waals surface area contributed by atoms with Gasteiger partial charge in [0.15, 0.2) is 0 Å². The third kappa shape index (κ3) is 2.25. The summed E-state index contributed by atoms with van der Waals surface area (Å²) in [5.74, 6) is 1.82. The van der Waals surface area contributed by atoms with Crippen molar-refractivity contribution < 1.29 is 4.92 Å². The third-order valence-electron chi connectivity index (χ3n) is 3.51. The second-order valence-electron chi connectivity index (χ2n) is 4.91. The molecule has 1 saturated carbocycles. The number of imidazole rings is 1. The van der Waals surface area contributed by atoms with Gasteiger partial charge in [-0.3, -0.25) is 4.57 Å². The van der Waals surface area contributed by atoms with Crippen LogP contribution in [0.15, 0.2) is 0 Å². The quantitative estimate of drug-likeness (QED) is 0.647. The number of hydrogen-bond donors (Lipinski definition) is 1. The molecule has 0 aromatic carbocycles. The van der Waals surface area contributed by atoms with Crippen molar-refractivity contribution in [3.05, 3.63) is 15.9 Å². The predicted molar refractivity (Wildman–Crippen MR) is 65.0 cm³/mol. The van der Waals surface area contributed by atoms with Crippen LogP contribution >= 0.6 is 0 Å². The summed E-state index contributed by atoms with van der Waals surface area (Å²) in [4.78, 5) is 14.5. The van der Waals surface area contributed by atoms with Gasteiger partial charge in [-0.25, -0.2) is 0 Å². The lowest BCUT2D eigenvalue weighted by molar-refractivity contribution is -0.388. The van der Waals surface area contributed by atoms with E-state index in [1.165, 1.54) is 6.42 Å². The number of nitrogens with zero attached hydrogens (tertiary/aromatic N) is 3. The molecule has 1 N–H and O–H groups in total. The van der Waals surface area contributed by atoms with Gasteiger partial charge in [0.1, 0.15) is 0 Å². The Morgan fingerprint density at radius 1 is 1.53 bits per heavy atom. The van der Waals surface area contributed by atoms with Crippen molar-refractivity contribution in [3.8, 4) is 0 Å². The van der Waals surface area contributed by atoms with E-state index < -0.39 is 4.92 Å². The van der Waals surface area contributed by atoms with Gasteiger partial charge in [0.25, 0.3) is 0 Å². The fourth-order valence-electron chi connectivity index (χ4n) is 2.41. The topological polar surface area (TPSA) is 73.0 Å². The zero-order valence-corrected chi connectivity index (χ0v) is 10.4. The fourth-order valence-corrected chi connectivity index (χ4v) is 2.41. The van der Waals surface area contributed by atoms with E-state index in [1.807, 2.05) is 0 Å². The summed E-state index contributed by atoms with van der Waals surface area (Å²) in [7, 11) is 1.80. The average Bonchev–Trinajstić information content (AvgIpc) is 2.77. The summed E-state index contributed by atoms with van der Waals surface area (Å²) < 4.78 is 1.75. The molecule has 1 heterocycles. The first kappa shape index (κ1) is 11.9. The van der Waals surface area contributed by atoms with Crippen molar-refractivity contribution in [2.45, 2.75) is 39.2 Å². The summed E-state index contributed by atoms with van der Waals surface area (Å²) in [5.41, 5.74) is 0. The molecule has 1 aliphatic rings. The number of nitrogens with one attached hydrogen (secondary N) is 1. The highest BCUT2D eigenvalue weighted by atomic mass is 16.6. The first-order valence-electron chi connectivity index (χ1n) is 5.93. The Labute approximate surface area is 100 Å². The van der Waals surface area contributed by atoms with Crippen LogP contribution in [0.3, 0.4) is 0 Å². The number of rotatable bonds is 3. The minimum atomic E-state index is -0.423. The second kappa shape index (κ2) is 4.35. The van der Waals surface area contributed by atoms with Crippen LogP contribution in [0.1, 0.15) is 32.0 Å². The van der Waals surface area contributed by atoms with Crippen molar-refractivity contribution in [1.29, 1.82) is 0 Å². The Morgan fingerprint density at radius 2 is 2.24 bits per heavy atom. The molecule has 1 fully saturated rings. The summed E-state index contributed by atoms with van der Waals surface area (Å²) in [6, 6.07) is 0.332. The second-order valence-corrected chi connectivity index (χ2v) is 4.91. The molecule has 2 unspecified atom stereocenters. The lowest BCUT2D eigenvalue weighted by Gasteiger charge is -2.13. The van der Waals surface area contributed by atoms with Gasteiger partial charge >= 0.3 is 5.82 Å². The van der Waals surface area contributed by atoms with E-state index in [9.17, 15) is 10.1 Å². The van der Waals surface area contributed by atoms with Crippen LogP contribution in [-0.4, -0.2) is 20.5 Å². The summed E-state index contributed by atoms with van der Waals surface area (Å²) in [5, 5.41) is 14.2. The Kier molecular flexibility index (Phi) is 3.04. The molecule has 0 amide bonds. The maximum atomic E-state index is 10.9. The largest absolute Gasteiger partial charge is 0.406 e. The monoisotopic (exact) mass is 238 g/mol. The Morgan fingerprint density at radius 3 is 2.76 bits per heavy atom. The first-order valence-corrected chi connectivity index (χ1v) is 5.93. The van der Waals surface area contributed by atoms with E-state index in [1.54, 1.807) is 18.5 Å². The van der Waals surface area contributed by atoms with Crippen LogP contribution in [0.2, 0.25) is 0 Å². The smallest absolute Gasteiger partial charge is 0.362 e. The Bertz CT molecular complexity index is 441. The predicted octanol–water partition coefficient (Wildman–Crippen LogP) is 2.24. The molecule has 17 heavy (non-hydrogen) atoms. The van der Waals surface area contributed by atoms with Gasteiger partial charge in [-0.1, -0.05) is 6.92 Å². The van der Waals surface area contributed by atoms with Crippen LogP contribution < -0.4 is 5.32 Å². The van der Waals surface area contributed by atoms with Gasteiger partial charge in [-0.05, 0) is 35.1 Å². The Balaban J connectivity index is 2.22. The van der Waals surface area contributed by atoms with Crippen LogP contribution in [0.4, 0.5) is 11.6 Å². The van der Waals surface area contributed by atoms with Gasteiger partial charge in [-0.2, -0.15) is 0 Å². The molecule has 0 spiro atoms. The lowest BCUT2D eigenvalue weighted by Crippen LogP contribution is -2.18. The zero-order chi connectivity index (χ0) is 12.6. The van der Waals surface area contributed by atoms with Gasteiger partial charge < -0.3 is 15.4 Å². The molecule has 0 radical (unpaired) electrons. The molecule has 1 aliphatic carbocycles. The fraction of sp³-hybridized carbons (Fsp3) is 0.727. The van der Waals surface area contributed by atoms with E-state index in [-0.39, 0.29) is 5.82 Å². The third-order valence-corrected chi connectivity index (χ3v) is 3.51. The standard InChI is InChI=1S/C11H18N4O2/c1-7-4-5-9(6-7)13-10-11(15(16)17)12-8(2)14(10)3/h7,9,13H,4-6H2,1-3H3. The molecule has 0 bridgehead atoms. The van der Waals surface area contributed by atoms with E-state index in [0.717, 1.165) is 12.8 Å². The number of aryl methyl sites for hydroxylation is 1. The van der Waals surface area contributed by atoms with Crippen molar-refractivity contribution in [2.75, 3.05) is 5.32 Å². The molecule has 2 rings (SSSR count). The molecule has 1 aromatic rings. The number of hydrogen-bond acceptors (Lipinski definition) is 4. The number of aromatic nitrogens is 2. The van der Waals surface area contributed by atoms with Crippen molar-refractivity contribution in [1.82, 2.24) is 9.55 Å². The van der Waals surface area contributed by atoms with Crippen LogP contribution in [0.5, 0.6) is 0 Å². The van der Waals surface area contributed by atoms with E-state index in [4.69, 9.17) is 0 Å². The van der Waals surface area contributed by atoms with Gasteiger partial charge in [0.05, 0.1) is 0 Å². The molecular weight excluding hydrogens is 220 g/mol. The normalized spacial score (nSPS) is 23.9. The van der Waals surface area contributed by atoms with Gasteiger partial charge in [0.2, 0.25) is 11.6 Å². The molecule has 6 nitrogen and oxygen atoms in total. The first-order chi connectivity index (χ1) is 7.99. The molecule has 0 saturated heterocycles. The van der Waals surface area contributed by atoms with E-state index >= 15 is 0 Å². The summed E-state index contributed by atoms with van der Waals surface area (Å²) in [6.45, 7) is 3.99. The van der Waals surface area contributed by atoms with Gasteiger partial charge in [0, 0.05) is 20.0 Å². The highest BCUT2D eigenvalue weighted by Crippen LogP contribution is 2.31. The van der Waals surface area contributed by atoms with Crippen molar-refractivity contribution in [3.63, 3.8) is 0 Å². The van der Waals surface area contributed by atoms with Gasteiger partial charge in [-0.15, -0.1) is 0 Å². The average molecular weight is 238 g/mol. The van der Waals surface area contributed by atoms with E-state index in [0.29, 0.717) is 23.6 Å². The molecule has 0 aliphatic heterocycles. The molecule has 2 atom stereocenters. The number of nitro groups is 1. The molecular formula is C11H18N4O2. The molecule has 94 valence electrons. The van der Waals surface area contributed by atoms with Crippen LogP contribution in [0, 0.1) is 23.0 Å². The zero-order valence-electron chi connectivity index (χ0n) is 10.4. The van der Waals surface area contributed by atoms with Crippen molar-refractivity contribution in [2.24, 2.45) is 13.0 Å². The van der Waals surface area contributed by atoms with Crippen molar-refractivity contribution >= 4 is 11.6 Å². The van der Waals surface area contributed by atoms with Crippen LogP contribution in [0.25, 0.3) is 0 Å². The van der Waals surface area contributed by atoms with E-state index in [2.05, 4.69) is 17.2 Å². The minimum absolute atomic E-state index is 0.0652. The Hall–Kier alpha value is -1.59. The number of anilines is 1. The maximum Gasteiger partial charge on any atom is 0.406 e. The van der Waals surface area contributed by atoms with Crippen LogP contribution in [-0.2, 0) is 7.05 Å².